The lowest BCUT2D eigenvalue weighted by Gasteiger charge is -2.50. The van der Waals surface area contributed by atoms with E-state index in [-0.39, 0.29) is 18.0 Å². The highest BCUT2D eigenvalue weighted by Crippen LogP contribution is 2.47. The Morgan fingerprint density at radius 3 is 2.87 bits per heavy atom. The lowest BCUT2D eigenvalue weighted by atomic mass is 9.62. The number of benzene rings is 1. The van der Waals surface area contributed by atoms with Crippen LogP contribution in [0.5, 0.6) is 0 Å². The van der Waals surface area contributed by atoms with Crippen molar-refractivity contribution in [2.75, 3.05) is 19.7 Å². The highest BCUT2D eigenvalue weighted by Gasteiger charge is 2.52. The van der Waals surface area contributed by atoms with Crippen molar-refractivity contribution in [1.82, 2.24) is 4.90 Å². The largest absolute Gasteiger partial charge is 0.466 e. The standard InChI is InChI=1S/C19H27NO3/c1-2-23-18(22)19-10-8-17(21)12-16(19)9-11-20(14-19)13-15-6-4-3-5-7-15/h3-7,16-17,21H,2,8-14H2,1H3/t16-,17+,19+/m1/s1. The van der Waals surface area contributed by atoms with E-state index in [9.17, 15) is 9.90 Å². The molecule has 2 aliphatic rings. The molecule has 2 fully saturated rings. The summed E-state index contributed by atoms with van der Waals surface area (Å²) in [6, 6.07) is 10.4. The first-order valence-electron chi connectivity index (χ1n) is 8.75. The van der Waals surface area contributed by atoms with Crippen molar-refractivity contribution in [2.45, 2.75) is 45.3 Å². The van der Waals surface area contributed by atoms with Gasteiger partial charge in [0.05, 0.1) is 18.1 Å². The van der Waals surface area contributed by atoms with Crippen molar-refractivity contribution >= 4 is 5.97 Å². The first-order valence-corrected chi connectivity index (χ1v) is 8.75. The Morgan fingerprint density at radius 1 is 1.35 bits per heavy atom. The molecule has 1 aromatic rings. The summed E-state index contributed by atoms with van der Waals surface area (Å²) in [6.45, 7) is 4.89. The molecule has 0 bridgehead atoms. The van der Waals surface area contributed by atoms with Gasteiger partial charge in [-0.05, 0) is 50.6 Å². The van der Waals surface area contributed by atoms with Gasteiger partial charge in [-0.25, -0.2) is 0 Å². The third-order valence-corrected chi connectivity index (χ3v) is 5.49. The van der Waals surface area contributed by atoms with Gasteiger partial charge in [0, 0.05) is 13.1 Å². The third-order valence-electron chi connectivity index (χ3n) is 5.49. The topological polar surface area (TPSA) is 49.8 Å². The van der Waals surface area contributed by atoms with E-state index in [2.05, 4.69) is 29.2 Å². The Hall–Kier alpha value is -1.39. The van der Waals surface area contributed by atoms with Crippen LogP contribution < -0.4 is 0 Å². The van der Waals surface area contributed by atoms with E-state index in [1.54, 1.807) is 0 Å². The maximum absolute atomic E-state index is 12.7. The molecular formula is C19H27NO3. The highest BCUT2D eigenvalue weighted by molar-refractivity contribution is 5.78. The monoisotopic (exact) mass is 317 g/mol. The van der Waals surface area contributed by atoms with Gasteiger partial charge in [0.25, 0.3) is 0 Å². The van der Waals surface area contributed by atoms with Crippen molar-refractivity contribution in [2.24, 2.45) is 11.3 Å². The van der Waals surface area contributed by atoms with Gasteiger partial charge < -0.3 is 9.84 Å². The average Bonchev–Trinajstić information content (AvgIpc) is 2.56. The lowest BCUT2D eigenvalue weighted by molar-refractivity contribution is -0.170. The molecule has 0 amide bonds. The normalized spacial score (nSPS) is 31.4. The minimum absolute atomic E-state index is 0.0605. The number of rotatable bonds is 4. The zero-order valence-corrected chi connectivity index (χ0v) is 13.9. The maximum Gasteiger partial charge on any atom is 0.313 e. The van der Waals surface area contributed by atoms with Crippen LogP contribution in [0, 0.1) is 11.3 Å². The van der Waals surface area contributed by atoms with Crippen LogP contribution >= 0.6 is 0 Å². The number of nitrogens with zero attached hydrogens (tertiary/aromatic N) is 1. The van der Waals surface area contributed by atoms with Gasteiger partial charge in [-0.3, -0.25) is 9.69 Å². The van der Waals surface area contributed by atoms with E-state index in [1.165, 1.54) is 5.56 Å². The molecular weight excluding hydrogens is 290 g/mol. The zero-order chi connectivity index (χ0) is 16.3. The molecule has 23 heavy (non-hydrogen) atoms. The molecule has 1 aliphatic heterocycles. The summed E-state index contributed by atoms with van der Waals surface area (Å²) >= 11 is 0. The van der Waals surface area contributed by atoms with Gasteiger partial charge in [0.1, 0.15) is 0 Å². The Labute approximate surface area is 138 Å². The first kappa shape index (κ1) is 16.5. The number of aliphatic hydroxyl groups is 1. The van der Waals surface area contributed by atoms with Crippen molar-refractivity contribution in [1.29, 1.82) is 0 Å². The molecule has 126 valence electrons. The Balaban J connectivity index is 1.77. The zero-order valence-electron chi connectivity index (χ0n) is 13.9. The highest BCUT2D eigenvalue weighted by atomic mass is 16.5. The van der Waals surface area contributed by atoms with Gasteiger partial charge >= 0.3 is 5.97 Å². The molecule has 0 aromatic heterocycles. The molecule has 1 aliphatic carbocycles. The number of hydrogen-bond donors (Lipinski definition) is 1. The number of ether oxygens (including phenoxy) is 1. The average molecular weight is 317 g/mol. The molecule has 1 saturated carbocycles. The number of carbonyl (C=O) groups is 1. The Kier molecular flexibility index (Phi) is 5.02. The molecule has 1 aromatic carbocycles. The van der Waals surface area contributed by atoms with E-state index >= 15 is 0 Å². The summed E-state index contributed by atoms with van der Waals surface area (Å²) in [4.78, 5) is 15.1. The molecule has 0 unspecified atom stereocenters. The van der Waals surface area contributed by atoms with Gasteiger partial charge in [-0.15, -0.1) is 0 Å². The second kappa shape index (κ2) is 7.02. The Morgan fingerprint density at radius 2 is 2.13 bits per heavy atom. The van der Waals surface area contributed by atoms with E-state index in [4.69, 9.17) is 4.74 Å². The SMILES string of the molecule is CCOC(=O)[C@]12CC[C@H](O)C[C@H]1CCN(Cc1ccccc1)C2. The number of hydrogen-bond acceptors (Lipinski definition) is 4. The molecule has 3 atom stereocenters. The van der Waals surface area contributed by atoms with Crippen LogP contribution in [-0.4, -0.2) is 41.8 Å². The summed E-state index contributed by atoms with van der Waals surface area (Å²) in [6.07, 6.45) is 2.88. The minimum atomic E-state index is -0.428. The number of aliphatic hydroxyl groups excluding tert-OH is 1. The van der Waals surface area contributed by atoms with E-state index in [1.807, 2.05) is 13.0 Å². The Bertz CT molecular complexity index is 533. The van der Waals surface area contributed by atoms with Gasteiger partial charge in [0.2, 0.25) is 0 Å². The van der Waals surface area contributed by atoms with Crippen LogP contribution in [0.3, 0.4) is 0 Å². The predicted molar refractivity (Wildman–Crippen MR) is 88.7 cm³/mol. The van der Waals surface area contributed by atoms with Crippen LogP contribution in [-0.2, 0) is 16.1 Å². The fraction of sp³-hybridized carbons (Fsp3) is 0.632. The van der Waals surface area contributed by atoms with Crippen LogP contribution in [0.2, 0.25) is 0 Å². The fourth-order valence-electron chi connectivity index (χ4n) is 4.30. The first-order chi connectivity index (χ1) is 11.1. The maximum atomic E-state index is 12.7. The molecule has 1 saturated heterocycles. The van der Waals surface area contributed by atoms with Crippen molar-refractivity contribution < 1.29 is 14.6 Å². The van der Waals surface area contributed by atoms with Gasteiger partial charge in [0.15, 0.2) is 0 Å². The molecule has 0 radical (unpaired) electrons. The van der Waals surface area contributed by atoms with Crippen LogP contribution in [0.15, 0.2) is 30.3 Å². The minimum Gasteiger partial charge on any atom is -0.466 e. The van der Waals surface area contributed by atoms with E-state index in [0.717, 1.165) is 38.9 Å². The second-order valence-corrected chi connectivity index (χ2v) is 6.99. The van der Waals surface area contributed by atoms with E-state index < -0.39 is 5.41 Å². The summed E-state index contributed by atoms with van der Waals surface area (Å²) in [5.74, 6) is 0.187. The van der Waals surface area contributed by atoms with Crippen LogP contribution in [0.25, 0.3) is 0 Å². The summed E-state index contributed by atoms with van der Waals surface area (Å²) < 4.78 is 5.43. The number of esters is 1. The van der Waals surface area contributed by atoms with E-state index in [0.29, 0.717) is 13.0 Å². The van der Waals surface area contributed by atoms with Crippen molar-refractivity contribution in [3.8, 4) is 0 Å². The quantitative estimate of drug-likeness (QED) is 0.867. The number of carbonyl (C=O) groups excluding carboxylic acids is 1. The number of likely N-dealkylation sites (tertiary alicyclic amines) is 1. The number of piperidine rings is 1. The smallest absolute Gasteiger partial charge is 0.313 e. The predicted octanol–water partition coefficient (Wildman–Crippen LogP) is 2.60. The lowest BCUT2D eigenvalue weighted by Crippen LogP contribution is -2.56. The second-order valence-electron chi connectivity index (χ2n) is 6.99. The summed E-state index contributed by atoms with van der Waals surface area (Å²) in [5, 5.41) is 10.0. The van der Waals surface area contributed by atoms with Gasteiger partial charge in [-0.1, -0.05) is 30.3 Å². The van der Waals surface area contributed by atoms with Gasteiger partial charge in [-0.2, -0.15) is 0 Å². The molecule has 0 spiro atoms. The molecule has 1 heterocycles. The van der Waals surface area contributed by atoms with Crippen molar-refractivity contribution in [3.63, 3.8) is 0 Å². The molecule has 1 N–H and O–H groups in total. The fourth-order valence-corrected chi connectivity index (χ4v) is 4.30. The van der Waals surface area contributed by atoms with Crippen LogP contribution in [0.1, 0.15) is 38.2 Å². The molecule has 4 heteroatoms. The summed E-state index contributed by atoms with van der Waals surface area (Å²) in [5.41, 5.74) is 0.850. The molecule has 4 nitrogen and oxygen atoms in total. The van der Waals surface area contributed by atoms with Crippen molar-refractivity contribution in [3.05, 3.63) is 35.9 Å². The van der Waals surface area contributed by atoms with Crippen LogP contribution in [0.4, 0.5) is 0 Å². The number of fused-ring (bicyclic) bond motifs is 1. The third kappa shape index (κ3) is 3.43. The molecule has 3 rings (SSSR count). The summed E-state index contributed by atoms with van der Waals surface area (Å²) in [7, 11) is 0.